The van der Waals surface area contributed by atoms with Crippen LogP contribution >= 0.6 is 45.8 Å². The Kier molecular flexibility index (Phi) is 6.48. The Labute approximate surface area is 151 Å². The van der Waals surface area contributed by atoms with Gasteiger partial charge < -0.3 is 4.74 Å². The van der Waals surface area contributed by atoms with E-state index in [9.17, 15) is 4.79 Å². The van der Waals surface area contributed by atoms with Crippen molar-refractivity contribution in [2.24, 2.45) is 5.10 Å². The second-order valence-electron chi connectivity index (χ2n) is 4.21. The first-order valence-electron chi connectivity index (χ1n) is 6.20. The molecule has 22 heavy (non-hydrogen) atoms. The van der Waals surface area contributed by atoms with Crippen molar-refractivity contribution < 1.29 is 9.53 Å². The SMILES string of the molecule is O=C(COc1ccc(Cl)cc1Cl)N/N=C/c1cccc(I)c1. The average molecular weight is 449 g/mol. The fourth-order valence-electron chi connectivity index (χ4n) is 1.53. The summed E-state index contributed by atoms with van der Waals surface area (Å²) in [6, 6.07) is 12.5. The Morgan fingerprint density at radius 3 is 2.82 bits per heavy atom. The standard InChI is InChI=1S/C15H11Cl2IN2O2/c16-11-4-5-14(13(17)7-11)22-9-15(21)20-19-8-10-2-1-3-12(18)6-10/h1-8H,9H2,(H,20,21)/b19-8+. The summed E-state index contributed by atoms with van der Waals surface area (Å²) in [7, 11) is 0. The molecule has 0 radical (unpaired) electrons. The topological polar surface area (TPSA) is 50.7 Å². The highest BCUT2D eigenvalue weighted by Gasteiger charge is 2.05. The Balaban J connectivity index is 1.83. The van der Waals surface area contributed by atoms with E-state index in [1.165, 1.54) is 0 Å². The molecule has 2 aromatic rings. The molecule has 0 aliphatic carbocycles. The van der Waals surface area contributed by atoms with Gasteiger partial charge in [-0.05, 0) is 58.5 Å². The lowest BCUT2D eigenvalue weighted by atomic mass is 10.2. The second-order valence-corrected chi connectivity index (χ2v) is 6.30. The van der Waals surface area contributed by atoms with Gasteiger partial charge in [-0.2, -0.15) is 5.10 Å². The van der Waals surface area contributed by atoms with Crippen molar-refractivity contribution in [1.29, 1.82) is 0 Å². The molecule has 2 aromatic carbocycles. The first-order valence-corrected chi connectivity index (χ1v) is 8.03. The van der Waals surface area contributed by atoms with Crippen LogP contribution in [0.3, 0.4) is 0 Å². The summed E-state index contributed by atoms with van der Waals surface area (Å²) in [5, 5.41) is 4.72. The molecule has 0 aromatic heterocycles. The molecular formula is C15H11Cl2IN2O2. The van der Waals surface area contributed by atoms with Gasteiger partial charge in [0.2, 0.25) is 0 Å². The van der Waals surface area contributed by atoms with Gasteiger partial charge in [0.15, 0.2) is 6.61 Å². The van der Waals surface area contributed by atoms with E-state index in [1.807, 2.05) is 24.3 Å². The molecule has 0 fully saturated rings. The van der Waals surface area contributed by atoms with Crippen molar-refractivity contribution in [3.63, 3.8) is 0 Å². The van der Waals surface area contributed by atoms with Gasteiger partial charge in [0.05, 0.1) is 11.2 Å². The van der Waals surface area contributed by atoms with E-state index in [0.29, 0.717) is 15.8 Å². The van der Waals surface area contributed by atoms with Gasteiger partial charge in [-0.15, -0.1) is 0 Å². The van der Waals surface area contributed by atoms with Crippen molar-refractivity contribution in [1.82, 2.24) is 5.43 Å². The number of halogens is 3. The van der Waals surface area contributed by atoms with Gasteiger partial charge in [-0.1, -0.05) is 35.3 Å². The zero-order valence-electron chi connectivity index (χ0n) is 11.2. The molecule has 0 bridgehead atoms. The number of nitrogens with one attached hydrogen (secondary N) is 1. The Hall–Kier alpha value is -1.31. The molecule has 0 aliphatic rings. The van der Waals surface area contributed by atoms with Gasteiger partial charge in [-0.25, -0.2) is 5.43 Å². The summed E-state index contributed by atoms with van der Waals surface area (Å²) < 4.78 is 6.39. The van der Waals surface area contributed by atoms with Crippen LogP contribution in [0, 0.1) is 3.57 Å². The van der Waals surface area contributed by atoms with E-state index in [0.717, 1.165) is 9.13 Å². The maximum Gasteiger partial charge on any atom is 0.277 e. The maximum absolute atomic E-state index is 11.6. The Morgan fingerprint density at radius 1 is 1.27 bits per heavy atom. The molecule has 1 amide bonds. The van der Waals surface area contributed by atoms with E-state index >= 15 is 0 Å². The molecule has 7 heteroatoms. The normalized spacial score (nSPS) is 10.7. The Bertz CT molecular complexity index is 708. The molecule has 0 saturated carbocycles. The number of benzene rings is 2. The van der Waals surface area contributed by atoms with E-state index in [2.05, 4.69) is 33.1 Å². The maximum atomic E-state index is 11.6. The van der Waals surface area contributed by atoms with Crippen LogP contribution in [0.15, 0.2) is 47.6 Å². The molecule has 114 valence electrons. The van der Waals surface area contributed by atoms with Gasteiger partial charge >= 0.3 is 0 Å². The third kappa shape index (κ3) is 5.47. The van der Waals surface area contributed by atoms with Crippen molar-refractivity contribution in [3.8, 4) is 5.75 Å². The predicted octanol–water partition coefficient (Wildman–Crippen LogP) is 4.13. The molecule has 0 heterocycles. The monoisotopic (exact) mass is 448 g/mol. The molecule has 0 unspecified atom stereocenters. The van der Waals surface area contributed by atoms with E-state index in [-0.39, 0.29) is 12.5 Å². The summed E-state index contributed by atoms with van der Waals surface area (Å²) in [6.07, 6.45) is 1.56. The Morgan fingerprint density at radius 2 is 2.09 bits per heavy atom. The highest BCUT2D eigenvalue weighted by molar-refractivity contribution is 14.1. The fraction of sp³-hybridized carbons (Fsp3) is 0.0667. The van der Waals surface area contributed by atoms with Crippen molar-refractivity contribution in [3.05, 3.63) is 61.6 Å². The molecule has 0 saturated heterocycles. The molecular weight excluding hydrogens is 438 g/mol. The number of amides is 1. The van der Waals surface area contributed by atoms with E-state index in [4.69, 9.17) is 27.9 Å². The molecule has 4 nitrogen and oxygen atoms in total. The van der Waals surface area contributed by atoms with Gasteiger partial charge in [0, 0.05) is 8.59 Å². The number of hydrogen-bond acceptors (Lipinski definition) is 3. The molecule has 1 N–H and O–H groups in total. The minimum Gasteiger partial charge on any atom is -0.482 e. The van der Waals surface area contributed by atoms with Crippen molar-refractivity contribution in [2.75, 3.05) is 6.61 Å². The molecule has 0 spiro atoms. The average Bonchev–Trinajstić information content (AvgIpc) is 2.46. The third-order valence-electron chi connectivity index (χ3n) is 2.50. The number of rotatable bonds is 5. The van der Waals surface area contributed by atoms with Crippen LogP contribution in [-0.2, 0) is 4.79 Å². The molecule has 2 rings (SSSR count). The lowest BCUT2D eigenvalue weighted by Gasteiger charge is -2.06. The van der Waals surface area contributed by atoms with Gasteiger partial charge in [0.1, 0.15) is 5.75 Å². The highest BCUT2D eigenvalue weighted by atomic mass is 127. The van der Waals surface area contributed by atoms with E-state index < -0.39 is 0 Å². The van der Waals surface area contributed by atoms with Crippen LogP contribution in [0.1, 0.15) is 5.56 Å². The van der Waals surface area contributed by atoms with E-state index in [1.54, 1.807) is 24.4 Å². The highest BCUT2D eigenvalue weighted by Crippen LogP contribution is 2.27. The smallest absolute Gasteiger partial charge is 0.277 e. The number of ether oxygens (including phenoxy) is 1. The quantitative estimate of drug-likeness (QED) is 0.424. The van der Waals surface area contributed by atoms with Crippen LogP contribution in [-0.4, -0.2) is 18.7 Å². The fourth-order valence-corrected chi connectivity index (χ4v) is 2.56. The van der Waals surface area contributed by atoms with Crippen LogP contribution < -0.4 is 10.2 Å². The summed E-state index contributed by atoms with van der Waals surface area (Å²) in [5.74, 6) is 0.00991. The third-order valence-corrected chi connectivity index (χ3v) is 3.71. The van der Waals surface area contributed by atoms with Crippen molar-refractivity contribution >= 4 is 57.9 Å². The first kappa shape index (κ1) is 17.1. The molecule has 0 aliphatic heterocycles. The second kappa shape index (κ2) is 8.36. The number of hydrogen-bond donors (Lipinski definition) is 1. The van der Waals surface area contributed by atoms with Crippen molar-refractivity contribution in [2.45, 2.75) is 0 Å². The molecule has 0 atom stereocenters. The number of carbonyl (C=O) groups excluding carboxylic acids is 1. The first-order chi connectivity index (χ1) is 10.5. The van der Waals surface area contributed by atoms with Crippen LogP contribution in [0.25, 0.3) is 0 Å². The lowest BCUT2D eigenvalue weighted by Crippen LogP contribution is -2.24. The lowest BCUT2D eigenvalue weighted by molar-refractivity contribution is -0.123. The van der Waals surface area contributed by atoms with Crippen LogP contribution in [0.2, 0.25) is 10.0 Å². The van der Waals surface area contributed by atoms with Crippen LogP contribution in [0.4, 0.5) is 0 Å². The van der Waals surface area contributed by atoms with Gasteiger partial charge in [-0.3, -0.25) is 4.79 Å². The minimum absolute atomic E-state index is 0.189. The van der Waals surface area contributed by atoms with Crippen LogP contribution in [0.5, 0.6) is 5.75 Å². The summed E-state index contributed by atoms with van der Waals surface area (Å²) in [5.41, 5.74) is 3.28. The zero-order valence-corrected chi connectivity index (χ0v) is 14.9. The number of nitrogens with zero attached hydrogens (tertiary/aromatic N) is 1. The number of carbonyl (C=O) groups is 1. The van der Waals surface area contributed by atoms with Gasteiger partial charge in [0.25, 0.3) is 5.91 Å². The zero-order chi connectivity index (χ0) is 15.9. The number of hydrazone groups is 1. The largest absolute Gasteiger partial charge is 0.482 e. The summed E-state index contributed by atoms with van der Waals surface area (Å²) >= 11 is 13.9. The summed E-state index contributed by atoms with van der Waals surface area (Å²) in [4.78, 5) is 11.6. The predicted molar refractivity (Wildman–Crippen MR) is 96.9 cm³/mol. The summed E-state index contributed by atoms with van der Waals surface area (Å²) in [6.45, 7) is -0.189. The minimum atomic E-state index is -0.382.